The summed E-state index contributed by atoms with van der Waals surface area (Å²) >= 11 is 0. The van der Waals surface area contributed by atoms with Crippen LogP contribution in [0.4, 0.5) is 0 Å². The third-order valence-electron chi connectivity index (χ3n) is 4.80. The lowest BCUT2D eigenvalue weighted by Gasteiger charge is -2.31. The Bertz CT molecular complexity index is 413. The van der Waals surface area contributed by atoms with Gasteiger partial charge in [0.15, 0.2) is 0 Å². The van der Waals surface area contributed by atoms with E-state index in [0.717, 1.165) is 19.1 Å². The van der Waals surface area contributed by atoms with E-state index in [2.05, 4.69) is 27.7 Å². The average Bonchev–Trinajstić information content (AvgIpc) is 2.38. The van der Waals surface area contributed by atoms with Crippen molar-refractivity contribution in [2.75, 3.05) is 6.61 Å². The first-order valence-electron chi connectivity index (χ1n) is 8.70. The van der Waals surface area contributed by atoms with Gasteiger partial charge in [-0.2, -0.15) is 0 Å². The van der Waals surface area contributed by atoms with E-state index in [4.69, 9.17) is 5.11 Å². The van der Waals surface area contributed by atoms with Crippen LogP contribution >= 0.6 is 0 Å². The predicted molar refractivity (Wildman–Crippen MR) is 93.8 cm³/mol. The van der Waals surface area contributed by atoms with E-state index in [9.17, 15) is 4.79 Å². The molecule has 2 nitrogen and oxygen atoms in total. The summed E-state index contributed by atoms with van der Waals surface area (Å²) in [6, 6.07) is 0. The summed E-state index contributed by atoms with van der Waals surface area (Å²) in [7, 11) is 0. The van der Waals surface area contributed by atoms with Crippen LogP contribution in [0.3, 0.4) is 0 Å². The van der Waals surface area contributed by atoms with Gasteiger partial charge in [-0.05, 0) is 68.3 Å². The Hall–Kier alpha value is -0.890. The van der Waals surface area contributed by atoms with E-state index >= 15 is 0 Å². The maximum Gasteiger partial charge on any atom is 0.142 e. The number of carbonyl (C=O) groups is 1. The number of hydrogen-bond donors (Lipinski definition) is 1. The SMILES string of the molecule is CC1(C)CCC/C(=C/C=O)C1.CC1(C)CCC/C(=C/CO)C1. The highest BCUT2D eigenvalue weighted by atomic mass is 16.2. The van der Waals surface area contributed by atoms with Gasteiger partial charge in [-0.3, -0.25) is 4.79 Å². The molecule has 0 amide bonds. The predicted octanol–water partition coefficient (Wildman–Crippen LogP) is 5.22. The van der Waals surface area contributed by atoms with Crippen LogP contribution < -0.4 is 0 Å². The second kappa shape index (κ2) is 8.67. The normalized spacial score (nSPS) is 27.1. The van der Waals surface area contributed by atoms with Gasteiger partial charge >= 0.3 is 0 Å². The lowest BCUT2D eigenvalue weighted by Crippen LogP contribution is -2.17. The highest BCUT2D eigenvalue weighted by Crippen LogP contribution is 2.38. The minimum absolute atomic E-state index is 0.214. The van der Waals surface area contributed by atoms with Crippen LogP contribution in [-0.4, -0.2) is 18.0 Å². The number of aliphatic hydroxyl groups is 1. The fourth-order valence-corrected chi connectivity index (χ4v) is 3.71. The Balaban J connectivity index is 0.000000220. The molecule has 2 saturated carbocycles. The molecule has 0 bridgehead atoms. The highest BCUT2D eigenvalue weighted by Gasteiger charge is 2.24. The Morgan fingerprint density at radius 2 is 1.45 bits per heavy atom. The summed E-state index contributed by atoms with van der Waals surface area (Å²) in [5, 5.41) is 8.71. The van der Waals surface area contributed by atoms with Gasteiger partial charge < -0.3 is 5.11 Å². The Morgan fingerprint density at radius 1 is 0.955 bits per heavy atom. The second-order valence-corrected chi connectivity index (χ2v) is 8.40. The van der Waals surface area contributed by atoms with Crippen LogP contribution in [0, 0.1) is 10.8 Å². The zero-order valence-electron chi connectivity index (χ0n) is 15.0. The number of hydrogen-bond acceptors (Lipinski definition) is 2. The van der Waals surface area contributed by atoms with Crippen molar-refractivity contribution in [3.63, 3.8) is 0 Å². The van der Waals surface area contributed by atoms with E-state index in [0.29, 0.717) is 10.8 Å². The monoisotopic (exact) mass is 306 g/mol. The quantitative estimate of drug-likeness (QED) is 0.431. The smallest absolute Gasteiger partial charge is 0.142 e. The molecule has 0 aromatic rings. The van der Waals surface area contributed by atoms with Gasteiger partial charge in [-0.25, -0.2) is 0 Å². The maximum absolute atomic E-state index is 10.2. The third kappa shape index (κ3) is 7.40. The Labute approximate surface area is 136 Å². The second-order valence-electron chi connectivity index (χ2n) is 8.40. The Kier molecular flexibility index (Phi) is 7.55. The molecule has 0 aliphatic heterocycles. The van der Waals surface area contributed by atoms with E-state index in [1.807, 2.05) is 6.08 Å². The molecular weight excluding hydrogens is 272 g/mol. The van der Waals surface area contributed by atoms with Gasteiger partial charge in [-0.15, -0.1) is 0 Å². The Morgan fingerprint density at radius 3 is 1.91 bits per heavy atom. The fraction of sp³-hybridized carbons (Fsp3) is 0.750. The van der Waals surface area contributed by atoms with E-state index in [1.165, 1.54) is 49.7 Å². The molecule has 0 unspecified atom stereocenters. The number of aliphatic hydroxyl groups excluding tert-OH is 1. The summed E-state index contributed by atoms with van der Waals surface area (Å²) < 4.78 is 0. The van der Waals surface area contributed by atoms with Crippen LogP contribution in [0.1, 0.15) is 79.1 Å². The molecule has 1 N–H and O–H groups in total. The molecule has 2 rings (SSSR count). The number of aldehydes is 1. The largest absolute Gasteiger partial charge is 0.392 e. The van der Waals surface area contributed by atoms with Crippen molar-refractivity contribution >= 4 is 6.29 Å². The van der Waals surface area contributed by atoms with Crippen LogP contribution in [-0.2, 0) is 4.79 Å². The molecule has 0 atom stereocenters. The van der Waals surface area contributed by atoms with Crippen molar-refractivity contribution in [2.45, 2.75) is 79.1 Å². The van der Waals surface area contributed by atoms with Gasteiger partial charge in [0.05, 0.1) is 6.61 Å². The summed E-state index contributed by atoms with van der Waals surface area (Å²) in [6.45, 7) is 9.36. The highest BCUT2D eigenvalue weighted by molar-refractivity contribution is 5.66. The van der Waals surface area contributed by atoms with Crippen LogP contribution in [0.2, 0.25) is 0 Å². The lowest BCUT2D eigenvalue weighted by atomic mass is 9.75. The van der Waals surface area contributed by atoms with Crippen molar-refractivity contribution < 1.29 is 9.90 Å². The van der Waals surface area contributed by atoms with Gasteiger partial charge in [0.25, 0.3) is 0 Å². The standard InChI is InChI=1S/C10H18O.C10H16O/c2*1-10(2)6-3-4-9(8-10)5-7-11/h5,11H,3-4,6-8H2,1-2H3;5,7H,3-4,6,8H2,1-2H3/b2*9-5-. The minimum atomic E-state index is 0.214. The maximum atomic E-state index is 10.2. The minimum Gasteiger partial charge on any atom is -0.392 e. The van der Waals surface area contributed by atoms with E-state index in [-0.39, 0.29) is 6.61 Å². The van der Waals surface area contributed by atoms with Crippen molar-refractivity contribution in [1.29, 1.82) is 0 Å². The molecule has 126 valence electrons. The molecule has 0 aromatic carbocycles. The molecule has 2 heteroatoms. The van der Waals surface area contributed by atoms with E-state index < -0.39 is 0 Å². The molecule has 0 aromatic heterocycles. The topological polar surface area (TPSA) is 37.3 Å². The zero-order valence-corrected chi connectivity index (χ0v) is 15.0. The van der Waals surface area contributed by atoms with Crippen molar-refractivity contribution in [2.24, 2.45) is 10.8 Å². The summed E-state index contributed by atoms with van der Waals surface area (Å²) in [5.41, 5.74) is 3.67. The van der Waals surface area contributed by atoms with Crippen molar-refractivity contribution in [3.05, 3.63) is 23.3 Å². The fourth-order valence-electron chi connectivity index (χ4n) is 3.71. The lowest BCUT2D eigenvalue weighted by molar-refractivity contribution is -0.104. The van der Waals surface area contributed by atoms with Gasteiger partial charge in [-0.1, -0.05) is 44.9 Å². The molecule has 0 radical (unpaired) electrons. The van der Waals surface area contributed by atoms with Gasteiger partial charge in [0.1, 0.15) is 6.29 Å². The number of rotatable bonds is 2. The molecule has 2 fully saturated rings. The molecule has 2 aliphatic rings. The average molecular weight is 306 g/mol. The van der Waals surface area contributed by atoms with Gasteiger partial charge in [0.2, 0.25) is 0 Å². The first-order valence-corrected chi connectivity index (χ1v) is 8.70. The van der Waals surface area contributed by atoms with E-state index in [1.54, 1.807) is 6.08 Å². The molecule has 0 saturated heterocycles. The van der Waals surface area contributed by atoms with Crippen LogP contribution in [0.5, 0.6) is 0 Å². The molecule has 0 spiro atoms. The van der Waals surface area contributed by atoms with Crippen molar-refractivity contribution in [3.8, 4) is 0 Å². The number of carbonyl (C=O) groups excluding carboxylic acids is 1. The van der Waals surface area contributed by atoms with Crippen LogP contribution in [0.15, 0.2) is 23.3 Å². The third-order valence-corrected chi connectivity index (χ3v) is 4.80. The van der Waals surface area contributed by atoms with Crippen LogP contribution in [0.25, 0.3) is 0 Å². The molecule has 0 heterocycles. The first-order chi connectivity index (χ1) is 10.3. The zero-order chi connectivity index (χ0) is 16.6. The molecular formula is C20H34O2. The number of allylic oxidation sites excluding steroid dienone is 3. The summed E-state index contributed by atoms with van der Waals surface area (Å²) in [5.74, 6) is 0. The van der Waals surface area contributed by atoms with Crippen molar-refractivity contribution in [1.82, 2.24) is 0 Å². The molecule has 22 heavy (non-hydrogen) atoms. The summed E-state index contributed by atoms with van der Waals surface area (Å²) in [4.78, 5) is 10.2. The molecule has 2 aliphatic carbocycles. The van der Waals surface area contributed by atoms with Gasteiger partial charge in [0, 0.05) is 0 Å². The first kappa shape index (κ1) is 19.2. The summed E-state index contributed by atoms with van der Waals surface area (Å²) in [6.07, 6.45) is 14.4.